The van der Waals surface area contributed by atoms with Gasteiger partial charge < -0.3 is 9.84 Å². The molecule has 4 nitrogen and oxygen atoms in total. The molecule has 1 N–H and O–H groups in total. The van der Waals surface area contributed by atoms with Crippen molar-refractivity contribution in [3.63, 3.8) is 0 Å². The van der Waals surface area contributed by atoms with Crippen LogP contribution in [0.25, 0.3) is 11.3 Å². The van der Waals surface area contributed by atoms with E-state index in [2.05, 4.69) is 4.98 Å². The third kappa shape index (κ3) is 5.25. The number of benzene rings is 1. The summed E-state index contributed by atoms with van der Waals surface area (Å²) in [6.45, 7) is 0. The van der Waals surface area contributed by atoms with Crippen LogP contribution in [-0.2, 0) is 11.2 Å². The van der Waals surface area contributed by atoms with E-state index in [1.54, 1.807) is 18.2 Å². The molecule has 1 heterocycles. The molecular formula is C21H23F2NO3. The summed E-state index contributed by atoms with van der Waals surface area (Å²) in [7, 11) is 0. The van der Waals surface area contributed by atoms with Gasteiger partial charge in [-0.25, -0.2) is 13.8 Å². The normalized spacial score (nSPS) is 14.4. The summed E-state index contributed by atoms with van der Waals surface area (Å²) < 4.78 is 34.7. The molecule has 3 rings (SSSR count). The molecule has 1 aliphatic rings. The Kier molecular flexibility index (Phi) is 6.37. The van der Waals surface area contributed by atoms with Crippen molar-refractivity contribution < 1.29 is 23.4 Å². The highest BCUT2D eigenvalue weighted by Crippen LogP contribution is 2.27. The second-order valence-corrected chi connectivity index (χ2v) is 6.90. The molecule has 6 heteroatoms. The molecule has 2 aromatic rings. The van der Waals surface area contributed by atoms with Crippen molar-refractivity contribution in [2.24, 2.45) is 0 Å². The van der Waals surface area contributed by atoms with Gasteiger partial charge in [0.1, 0.15) is 17.7 Å². The van der Waals surface area contributed by atoms with E-state index in [4.69, 9.17) is 9.84 Å². The highest BCUT2D eigenvalue weighted by molar-refractivity contribution is 5.66. The molecule has 1 saturated carbocycles. The standard InChI is InChI=1S/C21H23F2NO3/c22-17-12-14(13-18(23)16(17)8-3-4-11-21(25)26)19-9-5-10-20(24-19)27-15-6-1-2-7-15/h5,9-10,12-13,15H,1-4,6-8,11H2,(H,25,26). The van der Waals surface area contributed by atoms with Crippen molar-refractivity contribution in [1.82, 2.24) is 4.98 Å². The highest BCUT2D eigenvalue weighted by Gasteiger charge is 2.18. The van der Waals surface area contributed by atoms with Crippen molar-refractivity contribution in [2.45, 2.75) is 57.5 Å². The van der Waals surface area contributed by atoms with E-state index in [0.29, 0.717) is 30.0 Å². The van der Waals surface area contributed by atoms with E-state index in [9.17, 15) is 13.6 Å². The molecule has 0 spiro atoms. The fraction of sp³-hybridized carbons (Fsp3) is 0.429. The monoisotopic (exact) mass is 375 g/mol. The molecule has 0 radical (unpaired) electrons. The Bertz CT molecular complexity index is 781. The van der Waals surface area contributed by atoms with Gasteiger partial charge in [-0.15, -0.1) is 0 Å². The van der Waals surface area contributed by atoms with Crippen molar-refractivity contribution in [1.29, 1.82) is 0 Å². The molecule has 27 heavy (non-hydrogen) atoms. The molecule has 0 amide bonds. The minimum Gasteiger partial charge on any atom is -0.481 e. The van der Waals surface area contributed by atoms with Gasteiger partial charge in [-0.05, 0) is 63.1 Å². The van der Waals surface area contributed by atoms with E-state index < -0.39 is 17.6 Å². The summed E-state index contributed by atoms with van der Waals surface area (Å²) in [4.78, 5) is 14.9. The van der Waals surface area contributed by atoms with Crippen molar-refractivity contribution in [3.05, 3.63) is 47.5 Å². The first kappa shape index (κ1) is 19.3. The number of carboxylic acid groups (broad SMARTS) is 1. The van der Waals surface area contributed by atoms with Crippen LogP contribution in [0.2, 0.25) is 0 Å². The molecule has 0 atom stereocenters. The number of aliphatic carboxylic acids is 1. The van der Waals surface area contributed by atoms with E-state index in [1.807, 2.05) is 0 Å². The first-order valence-corrected chi connectivity index (χ1v) is 9.37. The number of hydrogen-bond donors (Lipinski definition) is 1. The maximum Gasteiger partial charge on any atom is 0.303 e. The van der Waals surface area contributed by atoms with Gasteiger partial charge in [-0.2, -0.15) is 0 Å². The number of nitrogens with zero attached hydrogens (tertiary/aromatic N) is 1. The molecule has 144 valence electrons. The number of hydrogen-bond acceptors (Lipinski definition) is 3. The number of carbonyl (C=O) groups is 1. The summed E-state index contributed by atoms with van der Waals surface area (Å²) in [6.07, 6.45) is 5.44. The smallest absolute Gasteiger partial charge is 0.303 e. The van der Waals surface area contributed by atoms with Gasteiger partial charge in [0.25, 0.3) is 0 Å². The number of rotatable bonds is 8. The zero-order valence-corrected chi connectivity index (χ0v) is 15.1. The molecular weight excluding hydrogens is 352 g/mol. The number of ether oxygens (including phenoxy) is 1. The number of aromatic nitrogens is 1. The maximum absolute atomic E-state index is 14.4. The van der Waals surface area contributed by atoms with Gasteiger partial charge in [-0.3, -0.25) is 4.79 Å². The van der Waals surface area contributed by atoms with Crippen LogP contribution in [-0.4, -0.2) is 22.2 Å². The summed E-state index contributed by atoms with van der Waals surface area (Å²) in [5.41, 5.74) is 0.805. The summed E-state index contributed by atoms with van der Waals surface area (Å²) in [5, 5.41) is 8.63. The fourth-order valence-corrected chi connectivity index (χ4v) is 3.39. The van der Waals surface area contributed by atoms with Gasteiger partial charge in [0, 0.05) is 23.6 Å². The summed E-state index contributed by atoms with van der Waals surface area (Å²) in [5.74, 6) is -1.71. The first-order chi connectivity index (χ1) is 13.0. The topological polar surface area (TPSA) is 59.4 Å². The number of carboxylic acids is 1. The highest BCUT2D eigenvalue weighted by atomic mass is 19.1. The SMILES string of the molecule is O=C(O)CCCCc1c(F)cc(-c2cccc(OC3CCCC3)n2)cc1F. The minimum atomic E-state index is -0.905. The van der Waals surface area contributed by atoms with E-state index in [0.717, 1.165) is 25.7 Å². The van der Waals surface area contributed by atoms with Crippen molar-refractivity contribution in [2.75, 3.05) is 0 Å². The summed E-state index contributed by atoms with van der Waals surface area (Å²) >= 11 is 0. The van der Waals surface area contributed by atoms with Gasteiger partial charge in [-0.1, -0.05) is 6.07 Å². The van der Waals surface area contributed by atoms with Crippen LogP contribution in [0, 0.1) is 11.6 Å². The Labute approximate surface area is 157 Å². The molecule has 0 saturated heterocycles. The lowest BCUT2D eigenvalue weighted by atomic mass is 10.0. The lowest BCUT2D eigenvalue weighted by Crippen LogP contribution is -2.11. The van der Waals surface area contributed by atoms with E-state index in [1.165, 1.54) is 12.1 Å². The van der Waals surface area contributed by atoms with Crippen LogP contribution < -0.4 is 4.74 Å². The number of unbranched alkanes of at least 4 members (excludes halogenated alkanes) is 1. The zero-order chi connectivity index (χ0) is 19.2. The molecule has 1 fully saturated rings. The van der Waals surface area contributed by atoms with Crippen LogP contribution in [0.3, 0.4) is 0 Å². The lowest BCUT2D eigenvalue weighted by Gasteiger charge is -2.13. The van der Waals surface area contributed by atoms with Crippen molar-refractivity contribution in [3.8, 4) is 17.1 Å². The molecule has 1 aromatic carbocycles. The van der Waals surface area contributed by atoms with Crippen LogP contribution in [0.15, 0.2) is 30.3 Å². The molecule has 0 unspecified atom stereocenters. The Morgan fingerprint density at radius 3 is 2.52 bits per heavy atom. The molecule has 1 aliphatic carbocycles. The van der Waals surface area contributed by atoms with Gasteiger partial charge >= 0.3 is 5.97 Å². The molecule has 0 bridgehead atoms. The Hall–Kier alpha value is -2.50. The average molecular weight is 375 g/mol. The largest absolute Gasteiger partial charge is 0.481 e. The lowest BCUT2D eigenvalue weighted by molar-refractivity contribution is -0.137. The first-order valence-electron chi connectivity index (χ1n) is 9.37. The Balaban J connectivity index is 1.72. The molecule has 1 aromatic heterocycles. The van der Waals surface area contributed by atoms with Gasteiger partial charge in [0.15, 0.2) is 0 Å². The quantitative estimate of drug-likeness (QED) is 0.649. The van der Waals surface area contributed by atoms with Crippen molar-refractivity contribution >= 4 is 5.97 Å². The van der Waals surface area contributed by atoms with Gasteiger partial charge in [0.05, 0.1) is 5.69 Å². The second-order valence-electron chi connectivity index (χ2n) is 6.90. The van der Waals surface area contributed by atoms with E-state index >= 15 is 0 Å². The average Bonchev–Trinajstić information content (AvgIpc) is 3.13. The third-order valence-corrected chi connectivity index (χ3v) is 4.82. The van der Waals surface area contributed by atoms with Crippen LogP contribution in [0.1, 0.15) is 50.5 Å². The number of pyridine rings is 1. The fourth-order valence-electron chi connectivity index (χ4n) is 3.39. The summed E-state index contributed by atoms with van der Waals surface area (Å²) in [6, 6.07) is 7.77. The maximum atomic E-state index is 14.4. The van der Waals surface area contributed by atoms with Gasteiger partial charge in [0.2, 0.25) is 5.88 Å². The van der Waals surface area contributed by atoms with Crippen LogP contribution >= 0.6 is 0 Å². The predicted molar refractivity (Wildman–Crippen MR) is 97.7 cm³/mol. The second kappa shape index (κ2) is 8.93. The molecule has 0 aliphatic heterocycles. The number of halogens is 2. The van der Waals surface area contributed by atoms with Crippen LogP contribution in [0.4, 0.5) is 8.78 Å². The van der Waals surface area contributed by atoms with E-state index in [-0.39, 0.29) is 24.5 Å². The minimum absolute atomic E-state index is 0.000964. The van der Waals surface area contributed by atoms with Crippen LogP contribution in [0.5, 0.6) is 5.88 Å². The Morgan fingerprint density at radius 1 is 1.15 bits per heavy atom. The Morgan fingerprint density at radius 2 is 1.85 bits per heavy atom. The zero-order valence-electron chi connectivity index (χ0n) is 15.1. The third-order valence-electron chi connectivity index (χ3n) is 4.82. The predicted octanol–water partition coefficient (Wildman–Crippen LogP) is 5.15.